The predicted molar refractivity (Wildman–Crippen MR) is 190 cm³/mol. The number of anilines is 1. The summed E-state index contributed by atoms with van der Waals surface area (Å²) < 4.78 is 13.3. The number of pyridine rings is 1. The molecular weight excluding hydrogens is 593 g/mol. The van der Waals surface area contributed by atoms with Crippen LogP contribution in [0.4, 0.5) is 10.6 Å². The highest BCUT2D eigenvalue weighted by Gasteiger charge is 2.46. The molecular formula is C37H50N4O4Si. The lowest BCUT2D eigenvalue weighted by atomic mass is 10.0. The summed E-state index contributed by atoms with van der Waals surface area (Å²) in [5.41, 5.74) is 3.44. The van der Waals surface area contributed by atoms with Gasteiger partial charge in [-0.1, -0.05) is 65.8 Å². The van der Waals surface area contributed by atoms with Crippen LogP contribution in [0.25, 0.3) is 21.9 Å². The topological polar surface area (TPSA) is 94.5 Å². The van der Waals surface area contributed by atoms with Crippen LogP contribution in [0.15, 0.2) is 73.2 Å². The van der Waals surface area contributed by atoms with E-state index in [4.69, 9.17) is 9.47 Å². The van der Waals surface area contributed by atoms with Gasteiger partial charge in [0.05, 0.1) is 7.11 Å². The number of rotatable bonds is 11. The van der Waals surface area contributed by atoms with E-state index in [1.165, 1.54) is 0 Å². The summed E-state index contributed by atoms with van der Waals surface area (Å²) in [6, 6.07) is 17.1. The van der Waals surface area contributed by atoms with Gasteiger partial charge in [0.2, 0.25) is 5.91 Å². The third-order valence-electron chi connectivity index (χ3n) is 8.84. The number of carbonyl (C=O) groups excluding carboxylic acids is 2. The van der Waals surface area contributed by atoms with Crippen LogP contribution in [-0.2, 0) is 16.0 Å². The van der Waals surface area contributed by atoms with E-state index in [2.05, 4.69) is 91.9 Å². The Morgan fingerprint density at radius 3 is 2.11 bits per heavy atom. The normalized spacial score (nSPS) is 12.9. The molecule has 2 N–H and O–H groups in total. The lowest BCUT2D eigenvalue weighted by Crippen LogP contribution is -2.53. The summed E-state index contributed by atoms with van der Waals surface area (Å²) in [6.45, 7) is 19.2. The van der Waals surface area contributed by atoms with Gasteiger partial charge < -0.3 is 24.3 Å². The summed E-state index contributed by atoms with van der Waals surface area (Å²) in [6.07, 6.45) is 5.54. The van der Waals surface area contributed by atoms with Crippen LogP contribution in [0.5, 0.6) is 5.75 Å². The molecule has 0 aliphatic rings. The quantitative estimate of drug-likeness (QED) is 0.160. The summed E-state index contributed by atoms with van der Waals surface area (Å²) in [4.78, 5) is 31.5. The molecule has 246 valence electrons. The fourth-order valence-electron chi connectivity index (χ4n) is 7.00. The van der Waals surface area contributed by atoms with Crippen molar-refractivity contribution in [2.24, 2.45) is 0 Å². The van der Waals surface area contributed by atoms with Crippen molar-refractivity contribution < 1.29 is 19.1 Å². The number of ether oxygens (including phenoxy) is 2. The van der Waals surface area contributed by atoms with Gasteiger partial charge >= 0.3 is 6.09 Å². The Morgan fingerprint density at radius 2 is 1.52 bits per heavy atom. The van der Waals surface area contributed by atoms with Crippen molar-refractivity contribution in [2.75, 3.05) is 12.4 Å². The van der Waals surface area contributed by atoms with E-state index in [0.717, 1.165) is 39.0 Å². The highest BCUT2D eigenvalue weighted by Crippen LogP contribution is 2.45. The second-order valence-corrected chi connectivity index (χ2v) is 19.7. The number of carbonyl (C=O) groups is 2. The van der Waals surface area contributed by atoms with Gasteiger partial charge in [-0.15, -0.1) is 0 Å². The van der Waals surface area contributed by atoms with Gasteiger partial charge in [-0.25, -0.2) is 4.79 Å². The van der Waals surface area contributed by atoms with E-state index < -0.39 is 26.0 Å². The van der Waals surface area contributed by atoms with Crippen molar-refractivity contribution in [3.8, 4) is 16.9 Å². The molecule has 0 saturated carbocycles. The predicted octanol–water partition coefficient (Wildman–Crippen LogP) is 8.81. The monoisotopic (exact) mass is 642 g/mol. The molecule has 2 aromatic carbocycles. The number of aromatic nitrogens is 2. The summed E-state index contributed by atoms with van der Waals surface area (Å²) in [5, 5.41) is 8.30. The van der Waals surface area contributed by atoms with Gasteiger partial charge in [-0.3, -0.25) is 9.78 Å². The minimum absolute atomic E-state index is 0.280. The Balaban J connectivity index is 1.80. The van der Waals surface area contributed by atoms with Gasteiger partial charge in [-0.2, -0.15) is 0 Å². The fraction of sp³-hybridized carbons (Fsp3) is 0.432. The van der Waals surface area contributed by atoms with E-state index in [1.54, 1.807) is 34.1 Å². The maximum Gasteiger partial charge on any atom is 0.408 e. The zero-order valence-corrected chi connectivity index (χ0v) is 30.0. The minimum atomic E-state index is -2.30. The fourth-order valence-corrected chi connectivity index (χ4v) is 13.6. The lowest BCUT2D eigenvalue weighted by Gasteiger charge is -2.45. The number of methoxy groups -OCH3 is 1. The Hall–Kier alpha value is -4.11. The van der Waals surface area contributed by atoms with E-state index in [1.807, 2.05) is 36.5 Å². The molecule has 0 spiro atoms. The second kappa shape index (κ2) is 14.1. The number of hydrogen-bond acceptors (Lipinski definition) is 5. The molecule has 0 fully saturated rings. The Labute approximate surface area is 275 Å². The molecule has 0 aliphatic carbocycles. The van der Waals surface area contributed by atoms with Gasteiger partial charge in [-0.05, 0) is 84.2 Å². The molecule has 0 saturated heterocycles. The molecule has 4 aromatic rings. The van der Waals surface area contributed by atoms with Crippen molar-refractivity contribution >= 4 is 36.8 Å². The van der Waals surface area contributed by atoms with Crippen molar-refractivity contribution in [1.82, 2.24) is 14.5 Å². The standard InChI is InChI=1S/C37H50N4O4Si/c1-24(2)46(25(3)4,26(5)6)41-23-31(28-13-14-30-22-38-18-17-29(30)20-28)21-34(41)40-35(42)33(39-36(43)45-37(7,8)9)19-27-11-15-32(44-10)16-12-27/h11-18,20-26,33H,19H2,1-10H3,(H,39,43)(H,40,42)/t33-/m0/s1. The minimum Gasteiger partial charge on any atom is -0.497 e. The van der Waals surface area contributed by atoms with Gasteiger partial charge in [0, 0.05) is 36.0 Å². The van der Waals surface area contributed by atoms with Crippen LogP contribution in [-0.4, -0.2) is 48.2 Å². The molecule has 4 rings (SSSR count). The van der Waals surface area contributed by atoms with Crippen LogP contribution < -0.4 is 15.4 Å². The summed E-state index contributed by atoms with van der Waals surface area (Å²) in [5.74, 6) is 1.15. The van der Waals surface area contributed by atoms with Crippen molar-refractivity contribution in [3.05, 3.63) is 78.8 Å². The van der Waals surface area contributed by atoms with E-state index in [9.17, 15) is 9.59 Å². The first kappa shape index (κ1) is 34.8. The van der Waals surface area contributed by atoms with Crippen molar-refractivity contribution in [2.45, 2.75) is 97.0 Å². The van der Waals surface area contributed by atoms with Crippen LogP contribution in [0, 0.1) is 0 Å². The smallest absolute Gasteiger partial charge is 0.408 e. The number of alkyl carbamates (subject to hydrolysis) is 1. The maximum absolute atomic E-state index is 14.2. The molecule has 0 radical (unpaired) electrons. The number of nitrogens with zero attached hydrogens (tertiary/aromatic N) is 2. The highest BCUT2D eigenvalue weighted by molar-refractivity contribution is 6.82. The van der Waals surface area contributed by atoms with Gasteiger partial charge in [0.15, 0.2) is 8.24 Å². The first-order valence-electron chi connectivity index (χ1n) is 16.2. The average molecular weight is 643 g/mol. The lowest BCUT2D eigenvalue weighted by molar-refractivity contribution is -0.118. The second-order valence-electron chi connectivity index (χ2n) is 14.0. The third kappa shape index (κ3) is 7.63. The van der Waals surface area contributed by atoms with Crippen LogP contribution in [0.3, 0.4) is 0 Å². The molecule has 9 heteroatoms. The number of fused-ring (bicyclic) bond motifs is 1. The van der Waals surface area contributed by atoms with Crippen molar-refractivity contribution in [3.63, 3.8) is 0 Å². The Bertz CT molecular complexity index is 1630. The summed E-state index contributed by atoms with van der Waals surface area (Å²) in [7, 11) is -0.684. The van der Waals surface area contributed by atoms with E-state index in [-0.39, 0.29) is 12.3 Å². The molecule has 46 heavy (non-hydrogen) atoms. The first-order chi connectivity index (χ1) is 21.6. The largest absolute Gasteiger partial charge is 0.497 e. The highest BCUT2D eigenvalue weighted by atomic mass is 28.3. The SMILES string of the molecule is COc1ccc(C[C@H](NC(=O)OC(C)(C)C)C(=O)Nc2cc(-c3ccc4cnccc4c3)cn2[Si](C(C)C)(C(C)C)C(C)C)cc1. The molecule has 1 atom stereocenters. The molecule has 0 aliphatic heterocycles. The molecule has 2 heterocycles. The average Bonchev–Trinajstić information content (AvgIpc) is 3.39. The summed E-state index contributed by atoms with van der Waals surface area (Å²) >= 11 is 0. The molecule has 0 bridgehead atoms. The molecule has 2 aromatic heterocycles. The van der Waals surface area contributed by atoms with E-state index in [0.29, 0.717) is 16.6 Å². The molecule has 8 nitrogen and oxygen atoms in total. The van der Waals surface area contributed by atoms with Gasteiger partial charge in [0.25, 0.3) is 0 Å². The first-order valence-corrected chi connectivity index (χ1v) is 18.3. The number of nitrogens with one attached hydrogen (secondary N) is 2. The number of benzene rings is 2. The zero-order chi connectivity index (χ0) is 33.8. The van der Waals surface area contributed by atoms with Crippen LogP contribution >= 0.6 is 0 Å². The van der Waals surface area contributed by atoms with Crippen LogP contribution in [0.1, 0.15) is 67.9 Å². The Morgan fingerprint density at radius 1 is 0.870 bits per heavy atom. The van der Waals surface area contributed by atoms with Gasteiger partial charge in [0.1, 0.15) is 23.2 Å². The third-order valence-corrected chi connectivity index (χ3v) is 15.6. The maximum atomic E-state index is 14.2. The number of hydrogen-bond donors (Lipinski definition) is 2. The van der Waals surface area contributed by atoms with Crippen molar-refractivity contribution in [1.29, 1.82) is 0 Å². The van der Waals surface area contributed by atoms with Crippen LogP contribution in [0.2, 0.25) is 16.6 Å². The molecule has 2 amide bonds. The zero-order valence-electron chi connectivity index (χ0n) is 29.0. The Kier molecular flexibility index (Phi) is 10.7. The number of amides is 2. The van der Waals surface area contributed by atoms with E-state index >= 15 is 0 Å². The molecule has 0 unspecified atom stereocenters.